The SMILES string of the molecule is COC(=O)COc1ccc(C(C)(C)C)cc1OCC(=O)OC. The van der Waals surface area contributed by atoms with E-state index in [1.165, 1.54) is 14.2 Å². The maximum atomic E-state index is 11.2. The summed E-state index contributed by atoms with van der Waals surface area (Å²) in [5.74, 6) is -0.261. The van der Waals surface area contributed by atoms with Gasteiger partial charge in [-0.1, -0.05) is 26.8 Å². The molecule has 0 aliphatic rings. The van der Waals surface area contributed by atoms with Gasteiger partial charge in [-0.25, -0.2) is 9.59 Å². The van der Waals surface area contributed by atoms with Crippen LogP contribution in [0.1, 0.15) is 26.3 Å². The molecular formula is C16H22O6. The van der Waals surface area contributed by atoms with Gasteiger partial charge < -0.3 is 18.9 Å². The van der Waals surface area contributed by atoms with Gasteiger partial charge in [0.1, 0.15) is 0 Å². The van der Waals surface area contributed by atoms with Crippen LogP contribution in [0.15, 0.2) is 18.2 Å². The zero-order valence-corrected chi connectivity index (χ0v) is 13.6. The van der Waals surface area contributed by atoms with Crippen molar-refractivity contribution >= 4 is 11.9 Å². The molecule has 0 unspecified atom stereocenters. The lowest BCUT2D eigenvalue weighted by molar-refractivity contribution is -0.144. The maximum Gasteiger partial charge on any atom is 0.343 e. The molecule has 0 N–H and O–H groups in total. The summed E-state index contributed by atoms with van der Waals surface area (Å²) in [6.45, 7) is 5.70. The van der Waals surface area contributed by atoms with E-state index in [1.807, 2.05) is 6.07 Å². The third-order valence-corrected chi connectivity index (χ3v) is 2.96. The first-order chi connectivity index (χ1) is 10.3. The highest BCUT2D eigenvalue weighted by molar-refractivity contribution is 5.71. The molecule has 1 aromatic carbocycles. The largest absolute Gasteiger partial charge is 0.478 e. The molecule has 0 amide bonds. The fraction of sp³-hybridized carbons (Fsp3) is 0.500. The summed E-state index contributed by atoms with van der Waals surface area (Å²) in [7, 11) is 2.56. The molecule has 6 heteroatoms. The van der Waals surface area contributed by atoms with Crippen molar-refractivity contribution in [3.8, 4) is 11.5 Å². The predicted octanol–water partition coefficient (Wildman–Crippen LogP) is 2.09. The topological polar surface area (TPSA) is 71.1 Å². The highest BCUT2D eigenvalue weighted by Gasteiger charge is 2.18. The number of hydrogen-bond donors (Lipinski definition) is 0. The first-order valence-corrected chi connectivity index (χ1v) is 6.81. The van der Waals surface area contributed by atoms with E-state index in [2.05, 4.69) is 30.2 Å². The molecule has 0 aliphatic carbocycles. The minimum absolute atomic E-state index is 0.0930. The van der Waals surface area contributed by atoms with Gasteiger partial charge in [-0.05, 0) is 23.1 Å². The second-order valence-electron chi connectivity index (χ2n) is 5.64. The summed E-state index contributed by atoms with van der Waals surface area (Å²) in [4.78, 5) is 22.4. The summed E-state index contributed by atoms with van der Waals surface area (Å²) >= 11 is 0. The lowest BCUT2D eigenvalue weighted by Gasteiger charge is -2.21. The first-order valence-electron chi connectivity index (χ1n) is 6.81. The summed E-state index contributed by atoms with van der Waals surface area (Å²) in [5.41, 5.74) is 0.919. The minimum Gasteiger partial charge on any atom is -0.478 e. The molecule has 0 aliphatic heterocycles. The van der Waals surface area contributed by atoms with Crippen molar-refractivity contribution in [1.82, 2.24) is 0 Å². The molecule has 1 rings (SSSR count). The Hall–Kier alpha value is -2.24. The Morgan fingerprint density at radius 1 is 0.909 bits per heavy atom. The van der Waals surface area contributed by atoms with Gasteiger partial charge in [0.05, 0.1) is 14.2 Å². The van der Waals surface area contributed by atoms with Crippen molar-refractivity contribution in [3.63, 3.8) is 0 Å². The third-order valence-electron chi connectivity index (χ3n) is 2.96. The smallest absolute Gasteiger partial charge is 0.343 e. The Bertz CT molecular complexity index is 530. The Morgan fingerprint density at radius 3 is 1.86 bits per heavy atom. The number of carbonyl (C=O) groups excluding carboxylic acids is 2. The van der Waals surface area contributed by atoms with Crippen molar-refractivity contribution < 1.29 is 28.5 Å². The highest BCUT2D eigenvalue weighted by atomic mass is 16.6. The van der Waals surface area contributed by atoms with Crippen LogP contribution in [0.5, 0.6) is 11.5 Å². The lowest BCUT2D eigenvalue weighted by Crippen LogP contribution is -2.17. The van der Waals surface area contributed by atoms with Gasteiger partial charge in [-0.15, -0.1) is 0 Å². The summed E-state index contributed by atoms with van der Waals surface area (Å²) in [6, 6.07) is 5.38. The van der Waals surface area contributed by atoms with Gasteiger partial charge >= 0.3 is 11.9 Å². The maximum absolute atomic E-state index is 11.2. The van der Waals surface area contributed by atoms with Crippen LogP contribution in [-0.4, -0.2) is 39.4 Å². The van der Waals surface area contributed by atoms with Crippen molar-refractivity contribution in [1.29, 1.82) is 0 Å². The standard InChI is InChI=1S/C16H22O6/c1-16(2,3)11-6-7-12(21-9-14(17)19-4)13(8-11)22-10-15(18)20-5/h6-8H,9-10H2,1-5H3. The van der Waals surface area contributed by atoms with E-state index < -0.39 is 11.9 Å². The normalized spacial score (nSPS) is 10.8. The van der Waals surface area contributed by atoms with Crippen LogP contribution in [0.4, 0.5) is 0 Å². The van der Waals surface area contributed by atoms with E-state index in [0.29, 0.717) is 11.5 Å². The Morgan fingerprint density at radius 2 is 1.41 bits per heavy atom. The van der Waals surface area contributed by atoms with E-state index in [-0.39, 0.29) is 18.6 Å². The lowest BCUT2D eigenvalue weighted by atomic mass is 9.87. The highest BCUT2D eigenvalue weighted by Crippen LogP contribution is 2.33. The molecule has 6 nitrogen and oxygen atoms in total. The number of esters is 2. The van der Waals surface area contributed by atoms with Crippen LogP contribution in [0, 0.1) is 0 Å². The van der Waals surface area contributed by atoms with Crippen LogP contribution in [0.3, 0.4) is 0 Å². The molecule has 0 bridgehead atoms. The van der Waals surface area contributed by atoms with Crippen molar-refractivity contribution in [2.24, 2.45) is 0 Å². The van der Waals surface area contributed by atoms with Gasteiger partial charge in [-0.2, -0.15) is 0 Å². The van der Waals surface area contributed by atoms with Crippen LogP contribution in [-0.2, 0) is 24.5 Å². The van der Waals surface area contributed by atoms with Crippen molar-refractivity contribution in [2.45, 2.75) is 26.2 Å². The molecule has 0 heterocycles. The van der Waals surface area contributed by atoms with Gasteiger partial charge in [-0.3, -0.25) is 0 Å². The van der Waals surface area contributed by atoms with E-state index >= 15 is 0 Å². The molecule has 0 spiro atoms. The van der Waals surface area contributed by atoms with E-state index in [9.17, 15) is 9.59 Å². The van der Waals surface area contributed by atoms with Crippen LogP contribution >= 0.6 is 0 Å². The molecule has 0 atom stereocenters. The number of ether oxygens (including phenoxy) is 4. The monoisotopic (exact) mass is 310 g/mol. The van der Waals surface area contributed by atoms with Gasteiger partial charge in [0.2, 0.25) is 0 Å². The molecule has 22 heavy (non-hydrogen) atoms. The summed E-state index contributed by atoms with van der Waals surface area (Å²) in [5, 5.41) is 0. The van der Waals surface area contributed by atoms with Gasteiger partial charge in [0.25, 0.3) is 0 Å². The zero-order valence-electron chi connectivity index (χ0n) is 13.6. The van der Waals surface area contributed by atoms with Crippen LogP contribution in [0.25, 0.3) is 0 Å². The number of carbonyl (C=O) groups is 2. The van der Waals surface area contributed by atoms with E-state index in [4.69, 9.17) is 9.47 Å². The first kappa shape index (κ1) is 17.8. The summed E-state index contributed by atoms with van der Waals surface area (Å²) < 4.78 is 19.9. The Kier molecular flexibility index (Phi) is 6.22. The van der Waals surface area contributed by atoms with E-state index in [1.54, 1.807) is 12.1 Å². The second kappa shape index (κ2) is 7.68. The molecule has 0 aromatic heterocycles. The number of rotatable bonds is 6. The van der Waals surface area contributed by atoms with Gasteiger partial charge in [0.15, 0.2) is 24.7 Å². The van der Waals surface area contributed by atoms with Crippen molar-refractivity contribution in [3.05, 3.63) is 23.8 Å². The fourth-order valence-corrected chi connectivity index (χ4v) is 1.60. The van der Waals surface area contributed by atoms with E-state index in [0.717, 1.165) is 5.56 Å². The Balaban J connectivity index is 2.97. The van der Waals surface area contributed by atoms with Crippen LogP contribution in [0.2, 0.25) is 0 Å². The third kappa shape index (κ3) is 5.27. The number of benzene rings is 1. The average molecular weight is 310 g/mol. The Labute approximate surface area is 130 Å². The molecule has 0 saturated heterocycles. The molecular weight excluding hydrogens is 288 g/mol. The predicted molar refractivity (Wildman–Crippen MR) is 80.2 cm³/mol. The zero-order chi connectivity index (χ0) is 16.8. The number of hydrogen-bond acceptors (Lipinski definition) is 6. The molecule has 122 valence electrons. The molecule has 0 saturated carbocycles. The molecule has 0 radical (unpaired) electrons. The van der Waals surface area contributed by atoms with Crippen LogP contribution < -0.4 is 9.47 Å². The molecule has 1 aromatic rings. The van der Waals surface area contributed by atoms with Crippen molar-refractivity contribution in [2.75, 3.05) is 27.4 Å². The average Bonchev–Trinajstić information content (AvgIpc) is 2.49. The fourth-order valence-electron chi connectivity index (χ4n) is 1.60. The summed E-state index contributed by atoms with van der Waals surface area (Å²) in [6.07, 6.45) is 0. The minimum atomic E-state index is -0.501. The molecule has 0 fully saturated rings. The quantitative estimate of drug-likeness (QED) is 0.749. The second-order valence-corrected chi connectivity index (χ2v) is 5.64. The van der Waals surface area contributed by atoms with Gasteiger partial charge in [0, 0.05) is 0 Å². The number of methoxy groups -OCH3 is 2.